The van der Waals surface area contributed by atoms with Gasteiger partial charge < -0.3 is 25.2 Å². The van der Waals surface area contributed by atoms with Crippen LogP contribution in [0.25, 0.3) is 21.3 Å². The highest BCUT2D eigenvalue weighted by molar-refractivity contribution is 7.17. The van der Waals surface area contributed by atoms with Crippen LogP contribution < -0.4 is 20.3 Å². The molecule has 194 valence electrons. The number of nitrogens with zero attached hydrogens (tertiary/aromatic N) is 4. The normalized spacial score (nSPS) is 13.3. The molecule has 0 bridgehead atoms. The Kier molecular flexibility index (Phi) is 7.23. The number of nitrogens with one attached hydrogen (secondary N) is 2. The van der Waals surface area contributed by atoms with Gasteiger partial charge in [-0.2, -0.15) is 0 Å². The number of thiophene rings is 1. The molecule has 2 aromatic heterocycles. The summed E-state index contributed by atoms with van der Waals surface area (Å²) < 4.78 is 6.91. The van der Waals surface area contributed by atoms with E-state index in [1.807, 2.05) is 35.2 Å². The molecular formula is C28H28N6O3S. The van der Waals surface area contributed by atoms with Crippen LogP contribution in [0.1, 0.15) is 6.92 Å². The molecule has 0 saturated carbocycles. The Bertz CT molecular complexity index is 1510. The van der Waals surface area contributed by atoms with Gasteiger partial charge in [-0.1, -0.05) is 24.8 Å². The molecule has 2 N–H and O–H groups in total. The standard InChI is InChI=1S/C28H28N6O3S/c1-4-27(36)30-22-15-23(25(37-3)16-24(22)34-13-11-33(12-14-34)18(2)35)32-28-29-10-9-21(31-28)20-17-38-26-8-6-5-7-19(20)26/h4-10,15-17H,1,11-14H2,2-3H3,(H,30,36)(H,29,31,32). The lowest BCUT2D eigenvalue weighted by Crippen LogP contribution is -2.48. The van der Waals surface area contributed by atoms with Crippen LogP contribution in [0, 0.1) is 0 Å². The number of anilines is 4. The van der Waals surface area contributed by atoms with Crippen LogP contribution in [0.5, 0.6) is 5.75 Å². The highest BCUT2D eigenvalue weighted by Crippen LogP contribution is 2.39. The zero-order valence-corrected chi connectivity index (χ0v) is 22.0. The third kappa shape index (κ3) is 5.16. The van der Waals surface area contributed by atoms with Crippen molar-refractivity contribution >= 4 is 56.2 Å². The van der Waals surface area contributed by atoms with Crippen molar-refractivity contribution in [3.63, 3.8) is 0 Å². The number of benzene rings is 2. The number of methoxy groups -OCH3 is 1. The lowest BCUT2D eigenvalue weighted by Gasteiger charge is -2.36. The quantitative estimate of drug-likeness (QED) is 0.329. The molecule has 5 rings (SSSR count). The predicted molar refractivity (Wildman–Crippen MR) is 152 cm³/mol. The fraction of sp³-hybridized carbons (Fsp3) is 0.214. The summed E-state index contributed by atoms with van der Waals surface area (Å²) in [5.41, 5.74) is 3.84. The number of carbonyl (C=O) groups is 2. The molecule has 1 fully saturated rings. The summed E-state index contributed by atoms with van der Waals surface area (Å²) in [7, 11) is 1.59. The number of hydrogen-bond acceptors (Lipinski definition) is 8. The van der Waals surface area contributed by atoms with Gasteiger partial charge in [-0.3, -0.25) is 9.59 Å². The van der Waals surface area contributed by atoms with Crippen LogP contribution in [0.4, 0.5) is 23.0 Å². The van der Waals surface area contributed by atoms with Gasteiger partial charge in [0.2, 0.25) is 17.8 Å². The van der Waals surface area contributed by atoms with Crippen molar-refractivity contribution in [3.8, 4) is 17.0 Å². The summed E-state index contributed by atoms with van der Waals surface area (Å²) >= 11 is 1.68. The molecular weight excluding hydrogens is 500 g/mol. The first-order valence-electron chi connectivity index (χ1n) is 12.2. The van der Waals surface area contributed by atoms with Gasteiger partial charge >= 0.3 is 0 Å². The Labute approximate surface area is 224 Å². The van der Waals surface area contributed by atoms with Crippen molar-refractivity contribution in [2.45, 2.75) is 6.92 Å². The zero-order valence-electron chi connectivity index (χ0n) is 21.2. The number of rotatable bonds is 7. The highest BCUT2D eigenvalue weighted by atomic mass is 32.1. The summed E-state index contributed by atoms with van der Waals surface area (Å²) in [6, 6.07) is 13.8. The van der Waals surface area contributed by atoms with Gasteiger partial charge in [-0.25, -0.2) is 9.97 Å². The van der Waals surface area contributed by atoms with Crippen LogP contribution in [0.15, 0.2) is 66.7 Å². The molecule has 9 nitrogen and oxygen atoms in total. The molecule has 2 aromatic carbocycles. The second-order valence-electron chi connectivity index (χ2n) is 8.79. The smallest absolute Gasteiger partial charge is 0.247 e. The molecule has 3 heterocycles. The van der Waals surface area contributed by atoms with Crippen LogP contribution in [0.2, 0.25) is 0 Å². The van der Waals surface area contributed by atoms with E-state index in [9.17, 15) is 9.59 Å². The Morgan fingerprint density at radius 2 is 1.89 bits per heavy atom. The van der Waals surface area contributed by atoms with Crippen molar-refractivity contribution in [3.05, 3.63) is 66.7 Å². The van der Waals surface area contributed by atoms with Crippen molar-refractivity contribution in [1.29, 1.82) is 0 Å². The molecule has 4 aromatic rings. The predicted octanol–water partition coefficient (Wildman–Crippen LogP) is 4.90. The minimum atomic E-state index is -0.327. The third-order valence-electron chi connectivity index (χ3n) is 6.49. The van der Waals surface area contributed by atoms with Crippen LogP contribution in [0.3, 0.4) is 0 Å². The van der Waals surface area contributed by atoms with Gasteiger partial charge in [0.25, 0.3) is 0 Å². The van der Waals surface area contributed by atoms with E-state index in [1.54, 1.807) is 31.6 Å². The van der Waals surface area contributed by atoms with Crippen LogP contribution >= 0.6 is 11.3 Å². The Hall–Kier alpha value is -4.44. The van der Waals surface area contributed by atoms with Gasteiger partial charge in [-0.15, -0.1) is 11.3 Å². The molecule has 2 amide bonds. The minimum Gasteiger partial charge on any atom is -0.494 e. The number of amides is 2. The largest absolute Gasteiger partial charge is 0.494 e. The van der Waals surface area contributed by atoms with Gasteiger partial charge in [0, 0.05) is 66.4 Å². The summed E-state index contributed by atoms with van der Waals surface area (Å²) in [4.78, 5) is 37.2. The number of aromatic nitrogens is 2. The third-order valence-corrected chi connectivity index (χ3v) is 7.45. The van der Waals surface area contributed by atoms with E-state index in [-0.39, 0.29) is 11.8 Å². The van der Waals surface area contributed by atoms with E-state index < -0.39 is 0 Å². The summed E-state index contributed by atoms with van der Waals surface area (Å²) in [6.07, 6.45) is 2.94. The lowest BCUT2D eigenvalue weighted by atomic mass is 10.1. The maximum atomic E-state index is 12.3. The SMILES string of the molecule is C=CC(=O)Nc1cc(Nc2nccc(-c3csc4ccccc34)n2)c(OC)cc1N1CCN(C(C)=O)CC1. The molecule has 38 heavy (non-hydrogen) atoms. The maximum absolute atomic E-state index is 12.3. The van der Waals surface area contributed by atoms with Gasteiger partial charge in [0.1, 0.15) is 5.75 Å². The lowest BCUT2D eigenvalue weighted by molar-refractivity contribution is -0.129. The first-order chi connectivity index (χ1) is 18.5. The van der Waals surface area contributed by atoms with Gasteiger partial charge in [0.05, 0.1) is 29.9 Å². The molecule has 0 unspecified atom stereocenters. The van der Waals surface area contributed by atoms with Crippen molar-refractivity contribution in [2.24, 2.45) is 0 Å². The monoisotopic (exact) mass is 528 g/mol. The van der Waals surface area contributed by atoms with E-state index in [2.05, 4.69) is 44.6 Å². The Morgan fingerprint density at radius 1 is 1.11 bits per heavy atom. The van der Waals surface area contributed by atoms with E-state index in [0.717, 1.165) is 22.3 Å². The molecule has 0 spiro atoms. The molecule has 0 radical (unpaired) electrons. The minimum absolute atomic E-state index is 0.0552. The molecule has 0 atom stereocenters. The highest BCUT2D eigenvalue weighted by Gasteiger charge is 2.23. The van der Waals surface area contributed by atoms with Gasteiger partial charge in [-0.05, 0) is 24.3 Å². The zero-order chi connectivity index (χ0) is 26.6. The number of carbonyl (C=O) groups excluding carboxylic acids is 2. The van der Waals surface area contributed by atoms with Gasteiger partial charge in [0.15, 0.2) is 0 Å². The van der Waals surface area contributed by atoms with Crippen molar-refractivity contribution in [1.82, 2.24) is 14.9 Å². The molecule has 1 aliphatic heterocycles. The fourth-order valence-electron chi connectivity index (χ4n) is 4.51. The van der Waals surface area contributed by atoms with Crippen LogP contribution in [-0.2, 0) is 9.59 Å². The first-order valence-corrected chi connectivity index (χ1v) is 13.1. The molecule has 0 aliphatic carbocycles. The molecule has 10 heteroatoms. The average molecular weight is 529 g/mol. The van der Waals surface area contributed by atoms with E-state index >= 15 is 0 Å². The summed E-state index contributed by atoms with van der Waals surface area (Å²) in [5.74, 6) is 0.701. The summed E-state index contributed by atoms with van der Waals surface area (Å²) in [6.45, 7) is 7.62. The second kappa shape index (κ2) is 10.9. The summed E-state index contributed by atoms with van der Waals surface area (Å²) in [5, 5.41) is 9.41. The topological polar surface area (TPSA) is 99.7 Å². The number of hydrogen-bond donors (Lipinski definition) is 2. The molecule has 1 saturated heterocycles. The second-order valence-corrected chi connectivity index (χ2v) is 9.70. The Morgan fingerprint density at radius 3 is 2.63 bits per heavy atom. The first kappa shape index (κ1) is 25.2. The number of fused-ring (bicyclic) bond motifs is 1. The van der Waals surface area contributed by atoms with E-state index in [0.29, 0.717) is 49.3 Å². The number of ether oxygens (including phenoxy) is 1. The van der Waals surface area contributed by atoms with E-state index in [1.165, 1.54) is 10.8 Å². The average Bonchev–Trinajstić information content (AvgIpc) is 3.38. The van der Waals surface area contributed by atoms with E-state index in [4.69, 9.17) is 9.72 Å². The van der Waals surface area contributed by atoms with Crippen molar-refractivity contribution < 1.29 is 14.3 Å². The fourth-order valence-corrected chi connectivity index (χ4v) is 5.46. The molecule has 1 aliphatic rings. The maximum Gasteiger partial charge on any atom is 0.247 e. The number of piperazine rings is 1. The van der Waals surface area contributed by atoms with Crippen molar-refractivity contribution in [2.75, 3.05) is 48.8 Å². The van der Waals surface area contributed by atoms with Crippen LogP contribution in [-0.4, -0.2) is 60.0 Å². The Balaban J connectivity index is 1.47.